The second-order valence-electron chi connectivity index (χ2n) is 9.52. The number of rotatable bonds is 4. The maximum Gasteiger partial charge on any atom is 0.324 e. The number of fused-ring (bicyclic) bond motifs is 1. The van der Waals surface area contributed by atoms with E-state index in [0.717, 1.165) is 17.0 Å². The Bertz CT molecular complexity index is 1370. The van der Waals surface area contributed by atoms with Crippen molar-refractivity contribution in [1.29, 1.82) is 0 Å². The Morgan fingerprint density at radius 3 is 2.49 bits per heavy atom. The first-order valence-corrected chi connectivity index (χ1v) is 11.1. The van der Waals surface area contributed by atoms with Crippen LogP contribution in [0.15, 0.2) is 28.8 Å². The number of anilines is 4. The largest absolute Gasteiger partial charge is 0.359 e. The van der Waals surface area contributed by atoms with E-state index in [-0.39, 0.29) is 17.2 Å². The summed E-state index contributed by atoms with van der Waals surface area (Å²) in [5.74, 6) is 0.540. The molecular weight excluding hydrogens is 448 g/mol. The molecule has 0 saturated carbocycles. The maximum atomic E-state index is 12.7. The van der Waals surface area contributed by atoms with Gasteiger partial charge in [-0.05, 0) is 37.6 Å². The summed E-state index contributed by atoms with van der Waals surface area (Å²) in [7, 11) is 0. The van der Waals surface area contributed by atoms with Crippen LogP contribution in [-0.4, -0.2) is 28.0 Å². The number of aromatic amines is 1. The third kappa shape index (κ3) is 4.96. The Morgan fingerprint density at radius 2 is 1.83 bits per heavy atom. The lowest BCUT2D eigenvalue weighted by Crippen LogP contribution is -2.19. The number of carbonyl (C=O) groups is 3. The minimum absolute atomic E-state index is 0.166. The highest BCUT2D eigenvalue weighted by atomic mass is 16.5. The van der Waals surface area contributed by atoms with Gasteiger partial charge in [0, 0.05) is 41.0 Å². The van der Waals surface area contributed by atoms with Gasteiger partial charge in [-0.3, -0.25) is 14.9 Å². The lowest BCUT2D eigenvalue weighted by Gasteiger charge is -2.12. The highest BCUT2D eigenvalue weighted by Crippen LogP contribution is 2.36. The molecule has 35 heavy (non-hydrogen) atoms. The van der Waals surface area contributed by atoms with Crippen molar-refractivity contribution in [1.82, 2.24) is 10.1 Å². The third-order valence-corrected chi connectivity index (χ3v) is 5.62. The van der Waals surface area contributed by atoms with Crippen LogP contribution in [0.3, 0.4) is 0 Å². The monoisotopic (exact) mass is 476 g/mol. The topological polar surface area (TPSA) is 141 Å². The van der Waals surface area contributed by atoms with E-state index in [2.05, 4.69) is 31.4 Å². The minimum Gasteiger partial charge on any atom is -0.359 e. The van der Waals surface area contributed by atoms with E-state index in [1.54, 1.807) is 30.3 Å². The van der Waals surface area contributed by atoms with Crippen LogP contribution in [0.2, 0.25) is 0 Å². The molecule has 5 N–H and O–H groups in total. The number of carbonyl (C=O) groups excluding carboxylic acids is 3. The molecule has 1 aromatic carbocycles. The Kier molecular flexibility index (Phi) is 5.98. The van der Waals surface area contributed by atoms with Gasteiger partial charge in [0.05, 0.1) is 16.9 Å². The van der Waals surface area contributed by atoms with Gasteiger partial charge < -0.3 is 25.5 Å². The first kappa shape index (κ1) is 23.8. The number of nitrogens with one attached hydrogen (secondary N) is 5. The number of amides is 4. The van der Waals surface area contributed by atoms with Crippen LogP contribution in [0.25, 0.3) is 11.6 Å². The molecular formula is C25H28N6O4. The predicted molar refractivity (Wildman–Crippen MR) is 135 cm³/mol. The van der Waals surface area contributed by atoms with Crippen LogP contribution < -0.4 is 21.3 Å². The quantitative estimate of drug-likeness (QED) is 0.337. The van der Waals surface area contributed by atoms with E-state index < -0.39 is 6.03 Å². The van der Waals surface area contributed by atoms with Gasteiger partial charge in [0.2, 0.25) is 5.91 Å². The second-order valence-corrected chi connectivity index (χ2v) is 9.52. The average Bonchev–Trinajstić information content (AvgIpc) is 3.41. The van der Waals surface area contributed by atoms with Crippen molar-refractivity contribution in [2.24, 2.45) is 0 Å². The molecule has 3 heterocycles. The molecule has 0 bridgehead atoms. The summed E-state index contributed by atoms with van der Waals surface area (Å²) < 4.78 is 5.28. The number of aromatic nitrogens is 2. The van der Waals surface area contributed by atoms with Crippen LogP contribution in [0.1, 0.15) is 56.0 Å². The van der Waals surface area contributed by atoms with Crippen LogP contribution in [0.4, 0.5) is 27.7 Å². The fourth-order valence-corrected chi connectivity index (χ4v) is 3.81. The van der Waals surface area contributed by atoms with E-state index in [1.165, 1.54) is 6.92 Å². The Balaban J connectivity index is 1.52. The van der Waals surface area contributed by atoms with Crippen molar-refractivity contribution >= 4 is 52.4 Å². The number of hydrogen-bond acceptors (Lipinski definition) is 5. The zero-order valence-corrected chi connectivity index (χ0v) is 20.5. The molecule has 0 atom stereocenters. The lowest BCUT2D eigenvalue weighted by molar-refractivity contribution is -0.114. The van der Waals surface area contributed by atoms with E-state index in [9.17, 15) is 14.4 Å². The molecule has 0 radical (unpaired) electrons. The molecule has 10 heteroatoms. The average molecular weight is 477 g/mol. The van der Waals surface area contributed by atoms with Crippen molar-refractivity contribution in [2.45, 2.75) is 47.0 Å². The predicted octanol–water partition coefficient (Wildman–Crippen LogP) is 5.01. The third-order valence-electron chi connectivity index (χ3n) is 5.62. The molecule has 0 fully saturated rings. The molecule has 2 aromatic heterocycles. The van der Waals surface area contributed by atoms with Crippen molar-refractivity contribution < 1.29 is 18.9 Å². The molecule has 0 unspecified atom stereocenters. The highest BCUT2D eigenvalue weighted by molar-refractivity contribution is 6.35. The summed E-state index contributed by atoms with van der Waals surface area (Å²) in [6.45, 7) is 11.1. The van der Waals surface area contributed by atoms with Crippen LogP contribution >= 0.6 is 0 Å². The van der Waals surface area contributed by atoms with Gasteiger partial charge in [-0.1, -0.05) is 32.0 Å². The van der Waals surface area contributed by atoms with Crippen LogP contribution in [0, 0.1) is 13.8 Å². The molecule has 0 spiro atoms. The zero-order valence-electron chi connectivity index (χ0n) is 20.5. The summed E-state index contributed by atoms with van der Waals surface area (Å²) in [6, 6.07) is 6.36. The number of urea groups is 1. The molecule has 182 valence electrons. The van der Waals surface area contributed by atoms with Crippen LogP contribution in [-0.2, 0) is 15.0 Å². The lowest BCUT2D eigenvalue weighted by atomic mass is 9.93. The summed E-state index contributed by atoms with van der Waals surface area (Å²) in [5, 5.41) is 14.9. The highest BCUT2D eigenvalue weighted by Gasteiger charge is 2.26. The SMILES string of the molecule is CC(=O)Nc1c(C)[nH]c(C=C2C(=O)Nc3cc(NC(=O)Nc4cc(C(C)(C)C)on4)ccc32)c1C. The molecule has 0 aliphatic carbocycles. The summed E-state index contributed by atoms with van der Waals surface area (Å²) in [5.41, 5.74) is 5.12. The van der Waals surface area contributed by atoms with Crippen molar-refractivity contribution in [2.75, 3.05) is 21.3 Å². The first-order valence-electron chi connectivity index (χ1n) is 11.1. The van der Waals surface area contributed by atoms with Gasteiger partial charge in [-0.2, -0.15) is 0 Å². The van der Waals surface area contributed by atoms with E-state index in [0.29, 0.717) is 39.8 Å². The van der Waals surface area contributed by atoms with Crippen molar-refractivity contribution in [3.63, 3.8) is 0 Å². The number of hydrogen-bond donors (Lipinski definition) is 5. The Labute approximate surface area is 202 Å². The first-order chi connectivity index (χ1) is 16.4. The zero-order chi connectivity index (χ0) is 25.5. The Morgan fingerprint density at radius 1 is 1.09 bits per heavy atom. The van der Waals surface area contributed by atoms with Gasteiger partial charge in [0.15, 0.2) is 5.82 Å². The van der Waals surface area contributed by atoms with Gasteiger partial charge in [0.25, 0.3) is 5.91 Å². The molecule has 3 aromatic rings. The fraction of sp³-hybridized carbons (Fsp3) is 0.280. The van der Waals surface area contributed by atoms with Crippen molar-refractivity contribution in [3.05, 3.63) is 52.5 Å². The van der Waals surface area contributed by atoms with E-state index in [4.69, 9.17) is 4.52 Å². The second kappa shape index (κ2) is 8.79. The number of aryl methyl sites for hydroxylation is 1. The standard InChI is InChI=1S/C25H28N6O4/c1-12-18(26-13(2)22(12)27-14(3)32)10-17-16-8-7-15(9-19(16)29-23(17)33)28-24(34)30-21-11-20(35-31-21)25(4,5)6/h7-11,26H,1-6H3,(H,27,32)(H,29,33)(H2,28,30,31,34). The summed E-state index contributed by atoms with van der Waals surface area (Å²) >= 11 is 0. The molecule has 0 saturated heterocycles. The number of nitrogens with zero attached hydrogens (tertiary/aromatic N) is 1. The molecule has 1 aliphatic rings. The molecule has 10 nitrogen and oxygen atoms in total. The minimum atomic E-state index is -0.484. The normalized spacial score (nSPS) is 14.0. The molecule has 4 rings (SSSR count). The van der Waals surface area contributed by atoms with E-state index in [1.807, 2.05) is 34.6 Å². The van der Waals surface area contributed by atoms with E-state index >= 15 is 0 Å². The molecule has 1 aliphatic heterocycles. The summed E-state index contributed by atoms with van der Waals surface area (Å²) in [4.78, 5) is 39.8. The van der Waals surface area contributed by atoms with Crippen molar-refractivity contribution in [3.8, 4) is 0 Å². The van der Waals surface area contributed by atoms with Gasteiger partial charge in [-0.25, -0.2) is 4.79 Å². The maximum absolute atomic E-state index is 12.7. The molecule has 4 amide bonds. The van der Waals surface area contributed by atoms with Gasteiger partial charge >= 0.3 is 6.03 Å². The van der Waals surface area contributed by atoms with Gasteiger partial charge in [-0.15, -0.1) is 0 Å². The Hall–Kier alpha value is -4.34. The number of H-pyrrole nitrogens is 1. The summed E-state index contributed by atoms with van der Waals surface area (Å²) in [6.07, 6.45) is 1.76. The number of benzene rings is 1. The van der Waals surface area contributed by atoms with Crippen LogP contribution in [0.5, 0.6) is 0 Å². The smallest absolute Gasteiger partial charge is 0.324 e. The fourth-order valence-electron chi connectivity index (χ4n) is 3.81. The van der Waals surface area contributed by atoms with Gasteiger partial charge in [0.1, 0.15) is 5.76 Å².